The summed E-state index contributed by atoms with van der Waals surface area (Å²) < 4.78 is 0. The van der Waals surface area contributed by atoms with Gasteiger partial charge in [-0.2, -0.15) is 0 Å². The number of hydrogen-bond acceptors (Lipinski definition) is 4. The smallest absolute Gasteiger partial charge is 0.198 e. The third-order valence-corrected chi connectivity index (χ3v) is 3.12. The minimum atomic E-state index is 0.528. The molecule has 0 N–H and O–H groups in total. The van der Waals surface area contributed by atoms with Crippen molar-refractivity contribution in [3.63, 3.8) is 0 Å². The van der Waals surface area contributed by atoms with E-state index in [0.29, 0.717) is 10.3 Å². The van der Waals surface area contributed by atoms with Crippen molar-refractivity contribution in [2.45, 2.75) is 0 Å². The molecule has 0 rings (SSSR count). The van der Waals surface area contributed by atoms with Crippen molar-refractivity contribution in [1.82, 2.24) is 0 Å². The Bertz CT molecular complexity index is 380. The zero-order chi connectivity index (χ0) is 13.6. The van der Waals surface area contributed by atoms with E-state index in [1.165, 1.54) is 34.0 Å². The number of nitrogens with zero attached hydrogens (tertiary/aromatic N) is 4. The van der Waals surface area contributed by atoms with Gasteiger partial charge in [0.1, 0.15) is 0 Å². The van der Waals surface area contributed by atoms with Crippen molar-refractivity contribution in [3.8, 4) is 0 Å². The standard InChI is InChI=1S/C12H14N4S2/c1-5-9-15-11(13-7-3)17-18-12(14-8-4)16-10-6-2/h5-10H,1-4H2. The Labute approximate surface area is 115 Å². The maximum atomic E-state index is 4.07. The Kier molecular flexibility index (Phi) is 10.7. The van der Waals surface area contributed by atoms with E-state index in [2.05, 4.69) is 46.3 Å². The second-order valence-electron chi connectivity index (χ2n) is 2.38. The molecule has 0 aliphatic heterocycles. The van der Waals surface area contributed by atoms with Gasteiger partial charge >= 0.3 is 0 Å². The largest absolute Gasteiger partial charge is 0.231 e. The first-order valence-corrected chi connectivity index (χ1v) is 6.95. The number of rotatable bonds is 4. The van der Waals surface area contributed by atoms with E-state index >= 15 is 0 Å². The fraction of sp³-hybridized carbons (Fsp3) is 0. The Morgan fingerprint density at radius 2 is 1.11 bits per heavy atom. The van der Waals surface area contributed by atoms with Crippen LogP contribution >= 0.6 is 21.6 Å². The molecule has 0 spiro atoms. The van der Waals surface area contributed by atoms with Crippen LogP contribution in [0.2, 0.25) is 0 Å². The predicted molar refractivity (Wildman–Crippen MR) is 87.8 cm³/mol. The normalized spacial score (nSPS) is 12.9. The molecule has 0 aromatic rings. The van der Waals surface area contributed by atoms with Crippen LogP contribution in [0.1, 0.15) is 0 Å². The Morgan fingerprint density at radius 3 is 1.39 bits per heavy atom. The van der Waals surface area contributed by atoms with E-state index in [1.54, 1.807) is 24.6 Å². The van der Waals surface area contributed by atoms with Gasteiger partial charge in [0.25, 0.3) is 0 Å². The van der Waals surface area contributed by atoms with Gasteiger partial charge in [-0.1, -0.05) is 38.5 Å². The first-order chi connectivity index (χ1) is 8.78. The number of allylic oxidation sites excluding steroid dienone is 2. The summed E-state index contributed by atoms with van der Waals surface area (Å²) in [6, 6.07) is 0. The average Bonchev–Trinajstić information content (AvgIpc) is 2.38. The maximum absolute atomic E-state index is 4.07. The summed E-state index contributed by atoms with van der Waals surface area (Å²) in [5.74, 6) is 0. The highest BCUT2D eigenvalue weighted by molar-refractivity contribution is 8.87. The fourth-order valence-corrected chi connectivity index (χ4v) is 2.17. The zero-order valence-electron chi connectivity index (χ0n) is 9.90. The second kappa shape index (κ2) is 11.8. The lowest BCUT2D eigenvalue weighted by Gasteiger charge is -1.98. The molecule has 94 valence electrons. The Balaban J connectivity index is 4.65. The molecule has 0 fully saturated rings. The summed E-state index contributed by atoms with van der Waals surface area (Å²) in [5.41, 5.74) is 0. The Morgan fingerprint density at radius 1 is 0.722 bits per heavy atom. The summed E-state index contributed by atoms with van der Waals surface area (Å²) in [6.45, 7) is 14.1. The van der Waals surface area contributed by atoms with Crippen molar-refractivity contribution in [3.05, 3.63) is 50.9 Å². The first-order valence-electron chi connectivity index (χ1n) is 4.80. The van der Waals surface area contributed by atoms with Crippen LogP contribution in [0.25, 0.3) is 0 Å². The Hall–Kier alpha value is -1.66. The summed E-state index contributed by atoms with van der Waals surface area (Å²) in [7, 11) is 2.62. The van der Waals surface area contributed by atoms with Crippen LogP contribution in [0.5, 0.6) is 0 Å². The van der Waals surface area contributed by atoms with Crippen molar-refractivity contribution >= 4 is 44.4 Å². The predicted octanol–water partition coefficient (Wildman–Crippen LogP) is 3.88. The van der Waals surface area contributed by atoms with Crippen molar-refractivity contribution < 1.29 is 0 Å². The fourth-order valence-electron chi connectivity index (χ4n) is 0.616. The number of amidine groups is 2. The van der Waals surface area contributed by atoms with Crippen molar-refractivity contribution in [2.24, 2.45) is 20.0 Å². The highest BCUT2D eigenvalue weighted by atomic mass is 33.1. The highest BCUT2D eigenvalue weighted by Gasteiger charge is 2.02. The molecule has 0 aliphatic carbocycles. The summed E-state index contributed by atoms with van der Waals surface area (Å²) in [5, 5.41) is 1.06. The molecule has 0 saturated carbocycles. The van der Waals surface area contributed by atoms with Crippen molar-refractivity contribution in [1.29, 1.82) is 0 Å². The van der Waals surface area contributed by atoms with Gasteiger partial charge in [0.05, 0.1) is 0 Å². The van der Waals surface area contributed by atoms with E-state index in [-0.39, 0.29) is 0 Å². The lowest BCUT2D eigenvalue weighted by molar-refractivity contribution is 1.56. The molecule has 0 atom stereocenters. The van der Waals surface area contributed by atoms with E-state index in [4.69, 9.17) is 0 Å². The van der Waals surface area contributed by atoms with E-state index in [1.807, 2.05) is 0 Å². The van der Waals surface area contributed by atoms with E-state index in [0.717, 1.165) is 0 Å². The lowest BCUT2D eigenvalue weighted by atomic mass is 10.7. The van der Waals surface area contributed by atoms with Crippen LogP contribution in [0.3, 0.4) is 0 Å². The van der Waals surface area contributed by atoms with Crippen molar-refractivity contribution in [2.75, 3.05) is 0 Å². The van der Waals surface area contributed by atoms with Gasteiger partial charge in [0, 0.05) is 24.8 Å². The molecular weight excluding hydrogens is 264 g/mol. The summed E-state index contributed by atoms with van der Waals surface area (Å²) >= 11 is 0. The molecule has 0 unspecified atom stereocenters. The SMILES string of the molecule is C=CC=NC(=NC=C)SSC(N=CC=C)=NC=C. The monoisotopic (exact) mass is 278 g/mol. The van der Waals surface area contributed by atoms with Crippen LogP contribution in [-0.4, -0.2) is 22.8 Å². The maximum Gasteiger partial charge on any atom is 0.198 e. The van der Waals surface area contributed by atoms with Gasteiger partial charge in [-0.3, -0.25) is 0 Å². The minimum absolute atomic E-state index is 0.528. The molecule has 6 heteroatoms. The van der Waals surface area contributed by atoms with Crippen LogP contribution in [0, 0.1) is 0 Å². The molecule has 0 aliphatic rings. The third kappa shape index (κ3) is 8.49. The molecule has 0 saturated heterocycles. The quantitative estimate of drug-likeness (QED) is 0.445. The first kappa shape index (κ1) is 16.3. The lowest BCUT2D eigenvalue weighted by Crippen LogP contribution is -1.89. The second-order valence-corrected chi connectivity index (χ2v) is 4.45. The van der Waals surface area contributed by atoms with E-state index < -0.39 is 0 Å². The summed E-state index contributed by atoms with van der Waals surface area (Å²) in [4.78, 5) is 16.1. The summed E-state index contributed by atoms with van der Waals surface area (Å²) in [6.07, 6.45) is 9.07. The minimum Gasteiger partial charge on any atom is -0.231 e. The zero-order valence-corrected chi connectivity index (χ0v) is 11.5. The van der Waals surface area contributed by atoms with Crippen LogP contribution in [-0.2, 0) is 0 Å². The molecule has 18 heavy (non-hydrogen) atoms. The molecule has 0 radical (unpaired) electrons. The van der Waals surface area contributed by atoms with Crippen LogP contribution in [0.15, 0.2) is 70.8 Å². The molecule has 0 heterocycles. The molecular formula is C12H14N4S2. The third-order valence-electron chi connectivity index (χ3n) is 1.17. The van der Waals surface area contributed by atoms with Crippen LogP contribution in [0.4, 0.5) is 0 Å². The molecule has 4 nitrogen and oxygen atoms in total. The average molecular weight is 278 g/mol. The molecule has 0 aromatic heterocycles. The van der Waals surface area contributed by atoms with Gasteiger partial charge < -0.3 is 0 Å². The molecule has 0 bridgehead atoms. The van der Waals surface area contributed by atoms with Crippen LogP contribution < -0.4 is 0 Å². The topological polar surface area (TPSA) is 49.4 Å². The number of hydrogen-bond donors (Lipinski definition) is 0. The van der Waals surface area contributed by atoms with Gasteiger partial charge in [0.15, 0.2) is 10.3 Å². The van der Waals surface area contributed by atoms with Gasteiger partial charge in [-0.05, 0) is 21.6 Å². The number of aliphatic imine (C=N–C) groups is 4. The molecule has 0 amide bonds. The van der Waals surface area contributed by atoms with Gasteiger partial charge in [0.2, 0.25) is 0 Å². The molecule has 0 aromatic carbocycles. The van der Waals surface area contributed by atoms with Gasteiger partial charge in [-0.25, -0.2) is 20.0 Å². The highest BCUT2D eigenvalue weighted by Crippen LogP contribution is 2.26. The van der Waals surface area contributed by atoms with E-state index in [9.17, 15) is 0 Å². The van der Waals surface area contributed by atoms with Gasteiger partial charge in [-0.15, -0.1) is 0 Å².